The van der Waals surface area contributed by atoms with Gasteiger partial charge >= 0.3 is 5.97 Å². The van der Waals surface area contributed by atoms with Crippen LogP contribution in [0, 0.1) is 6.92 Å². The molecule has 31 heavy (non-hydrogen) atoms. The van der Waals surface area contributed by atoms with E-state index in [1.807, 2.05) is 13.2 Å². The molecule has 1 heterocycles. The van der Waals surface area contributed by atoms with Gasteiger partial charge in [-0.3, -0.25) is 0 Å². The Labute approximate surface area is 195 Å². The summed E-state index contributed by atoms with van der Waals surface area (Å²) in [5, 5.41) is 9.37. The zero-order chi connectivity index (χ0) is 26.5. The topological polar surface area (TPSA) is 60.7 Å². The van der Waals surface area contributed by atoms with Crippen LogP contribution in [0.5, 0.6) is 5.75 Å². The number of aromatic nitrogens is 1. The molecule has 2 aromatic carbocycles. The Morgan fingerprint density at radius 1 is 1.16 bits per heavy atom. The van der Waals surface area contributed by atoms with Gasteiger partial charge in [0, 0.05) is 33.4 Å². The zero-order valence-corrected chi connectivity index (χ0v) is 18.3. The van der Waals surface area contributed by atoms with Crippen molar-refractivity contribution in [3.8, 4) is 17.0 Å². The van der Waals surface area contributed by atoms with Crippen LogP contribution in [0.15, 0.2) is 65.6 Å². The molecule has 3 aromatic rings. The standard InChI is InChI=1S/C25H29NO4S/c1-4-29-24(25(27)28)17-19-6-10-21(11-7-19)30-16-15-26-18(2)5-14-23(26)20-8-12-22(31-3)13-9-20/h5-14,24H,4,15-17H2,1-3H3,(H,27,28)/t24-/m0/s1/i1D3,4D2. The lowest BCUT2D eigenvalue weighted by molar-refractivity contribution is -0.149. The maximum Gasteiger partial charge on any atom is 0.333 e. The van der Waals surface area contributed by atoms with Gasteiger partial charge in [0.05, 0.1) is 9.29 Å². The number of aryl methyl sites for hydroxylation is 1. The van der Waals surface area contributed by atoms with Crippen molar-refractivity contribution < 1.29 is 26.2 Å². The number of hydrogen-bond donors (Lipinski definition) is 1. The maximum atomic E-state index is 11.5. The van der Waals surface area contributed by atoms with E-state index in [0.29, 0.717) is 24.5 Å². The summed E-state index contributed by atoms with van der Waals surface area (Å²) in [6, 6.07) is 19.3. The number of ether oxygens (including phenoxy) is 2. The minimum Gasteiger partial charge on any atom is -0.492 e. The fourth-order valence-electron chi connectivity index (χ4n) is 3.32. The van der Waals surface area contributed by atoms with Gasteiger partial charge in [-0.2, -0.15) is 0 Å². The van der Waals surface area contributed by atoms with Gasteiger partial charge in [-0.25, -0.2) is 4.79 Å². The first-order valence-electron chi connectivity index (χ1n) is 12.3. The van der Waals surface area contributed by atoms with Crippen molar-refractivity contribution in [1.29, 1.82) is 0 Å². The summed E-state index contributed by atoms with van der Waals surface area (Å²) in [6.07, 6.45) is 0.212. The highest BCUT2D eigenvalue weighted by atomic mass is 32.2. The largest absolute Gasteiger partial charge is 0.492 e. The van der Waals surface area contributed by atoms with Crippen molar-refractivity contribution in [2.24, 2.45) is 0 Å². The van der Waals surface area contributed by atoms with Crippen molar-refractivity contribution in [3.63, 3.8) is 0 Å². The Bertz CT molecular complexity index is 1160. The Hall–Kier alpha value is -2.70. The average molecular weight is 445 g/mol. The van der Waals surface area contributed by atoms with Crippen LogP contribution in [0.4, 0.5) is 0 Å². The van der Waals surface area contributed by atoms with Crippen molar-refractivity contribution in [1.82, 2.24) is 4.57 Å². The van der Waals surface area contributed by atoms with Crippen molar-refractivity contribution in [2.75, 3.05) is 19.4 Å². The smallest absolute Gasteiger partial charge is 0.333 e. The predicted molar refractivity (Wildman–Crippen MR) is 125 cm³/mol. The van der Waals surface area contributed by atoms with E-state index >= 15 is 0 Å². The van der Waals surface area contributed by atoms with Gasteiger partial charge < -0.3 is 19.1 Å². The van der Waals surface area contributed by atoms with E-state index in [2.05, 4.69) is 41.0 Å². The number of rotatable bonds is 11. The van der Waals surface area contributed by atoms with Crippen LogP contribution < -0.4 is 4.74 Å². The van der Waals surface area contributed by atoms with E-state index in [4.69, 9.17) is 16.3 Å². The van der Waals surface area contributed by atoms with Crippen molar-refractivity contribution in [2.45, 2.75) is 37.7 Å². The number of nitrogens with zero attached hydrogens (tertiary/aromatic N) is 1. The minimum absolute atomic E-state index is 0.188. The molecule has 0 amide bonds. The molecule has 1 aromatic heterocycles. The molecule has 0 spiro atoms. The number of benzene rings is 2. The minimum atomic E-state index is -3.10. The van der Waals surface area contributed by atoms with Gasteiger partial charge in [0.1, 0.15) is 12.4 Å². The Morgan fingerprint density at radius 2 is 1.90 bits per heavy atom. The molecule has 3 rings (SSSR count). The van der Waals surface area contributed by atoms with E-state index in [1.165, 1.54) is 4.90 Å². The van der Waals surface area contributed by atoms with Gasteiger partial charge in [0.2, 0.25) is 0 Å². The molecule has 5 nitrogen and oxygen atoms in total. The summed E-state index contributed by atoms with van der Waals surface area (Å²) in [6.45, 7) is -3.08. The lowest BCUT2D eigenvalue weighted by atomic mass is 10.1. The van der Waals surface area contributed by atoms with Gasteiger partial charge in [0.25, 0.3) is 0 Å². The van der Waals surface area contributed by atoms with E-state index in [0.717, 1.165) is 17.0 Å². The number of thioether (sulfide) groups is 1. The molecule has 6 heteroatoms. The van der Waals surface area contributed by atoms with E-state index in [-0.39, 0.29) is 6.42 Å². The van der Waals surface area contributed by atoms with Crippen LogP contribution in [0.1, 0.15) is 25.0 Å². The van der Waals surface area contributed by atoms with Crippen LogP contribution in [0.2, 0.25) is 0 Å². The lowest BCUT2D eigenvalue weighted by Crippen LogP contribution is -2.26. The number of carboxylic acids is 1. The highest BCUT2D eigenvalue weighted by molar-refractivity contribution is 7.98. The molecule has 0 aliphatic rings. The van der Waals surface area contributed by atoms with E-state index < -0.39 is 25.5 Å². The quantitative estimate of drug-likeness (QED) is 0.407. The third-order valence-electron chi connectivity index (χ3n) is 4.99. The molecule has 164 valence electrons. The zero-order valence-electron chi connectivity index (χ0n) is 22.5. The first kappa shape index (κ1) is 16.9. The average Bonchev–Trinajstić information content (AvgIpc) is 3.19. The number of aliphatic carboxylic acids is 1. The second-order valence-electron chi connectivity index (χ2n) is 6.98. The second-order valence-corrected chi connectivity index (χ2v) is 7.86. The van der Waals surface area contributed by atoms with Crippen LogP contribution in [0.25, 0.3) is 11.3 Å². The van der Waals surface area contributed by atoms with Crippen molar-refractivity contribution in [3.05, 3.63) is 71.9 Å². The molecular weight excluding hydrogens is 410 g/mol. The summed E-state index contributed by atoms with van der Waals surface area (Å²) < 4.78 is 49.6. The molecule has 0 saturated carbocycles. The number of hydrogen-bond acceptors (Lipinski definition) is 4. The summed E-state index contributed by atoms with van der Waals surface area (Å²) >= 11 is 1.70. The maximum absolute atomic E-state index is 11.5. The summed E-state index contributed by atoms with van der Waals surface area (Å²) in [4.78, 5) is 12.7. The monoisotopic (exact) mass is 444 g/mol. The number of carboxylic acid groups (broad SMARTS) is 1. The molecule has 0 unspecified atom stereocenters. The van der Waals surface area contributed by atoms with Crippen LogP contribution in [-0.4, -0.2) is 41.2 Å². The molecule has 1 atom stereocenters. The SMILES string of the molecule is [2H]C([2H])([2H])C([2H])([2H])O[C@@H](Cc1ccc(OCCn2c(C)ccc2-c2ccc(SC)cc2)cc1)C(=O)O. The fraction of sp³-hybridized carbons (Fsp3) is 0.320. The van der Waals surface area contributed by atoms with Crippen LogP contribution >= 0.6 is 11.8 Å². The molecular formula is C25H29NO4S. The van der Waals surface area contributed by atoms with Gasteiger partial charge in [-0.1, -0.05) is 24.3 Å². The first-order valence-corrected chi connectivity index (χ1v) is 11.1. The third kappa shape index (κ3) is 6.15. The molecule has 0 aliphatic heterocycles. The number of carbonyl (C=O) groups is 1. The summed E-state index contributed by atoms with van der Waals surface area (Å²) in [7, 11) is 0. The normalized spacial score (nSPS) is 15.2. The van der Waals surface area contributed by atoms with Crippen molar-refractivity contribution >= 4 is 17.7 Å². The van der Waals surface area contributed by atoms with Crippen LogP contribution in [-0.2, 0) is 22.5 Å². The second kappa shape index (κ2) is 11.1. The Balaban J connectivity index is 1.60. The van der Waals surface area contributed by atoms with E-state index in [1.54, 1.807) is 36.0 Å². The summed E-state index contributed by atoms with van der Waals surface area (Å²) in [5.41, 5.74) is 3.90. The van der Waals surface area contributed by atoms with Gasteiger partial charge in [-0.05, 0) is 67.6 Å². The van der Waals surface area contributed by atoms with Gasteiger partial charge in [0.15, 0.2) is 6.10 Å². The molecule has 0 saturated heterocycles. The first-order chi connectivity index (χ1) is 16.9. The summed E-state index contributed by atoms with van der Waals surface area (Å²) in [5.74, 6) is -0.843. The van der Waals surface area contributed by atoms with Crippen LogP contribution in [0.3, 0.4) is 0 Å². The van der Waals surface area contributed by atoms with Gasteiger partial charge in [-0.15, -0.1) is 11.8 Å². The highest BCUT2D eigenvalue weighted by Crippen LogP contribution is 2.25. The van der Waals surface area contributed by atoms with E-state index in [9.17, 15) is 9.90 Å². The molecule has 0 fully saturated rings. The Kier molecular flexibility index (Phi) is 6.04. The Morgan fingerprint density at radius 3 is 2.55 bits per heavy atom. The highest BCUT2D eigenvalue weighted by Gasteiger charge is 2.17. The molecule has 0 bridgehead atoms. The molecule has 0 radical (unpaired) electrons. The molecule has 0 aliphatic carbocycles. The lowest BCUT2D eigenvalue weighted by Gasteiger charge is -2.14. The fourth-order valence-corrected chi connectivity index (χ4v) is 3.73. The third-order valence-corrected chi connectivity index (χ3v) is 5.73. The molecule has 1 N–H and O–H groups in total. The predicted octanol–water partition coefficient (Wildman–Crippen LogP) is 5.30.